The van der Waals surface area contributed by atoms with Gasteiger partial charge in [0.1, 0.15) is 5.75 Å². The van der Waals surface area contributed by atoms with E-state index >= 15 is 0 Å². The molecule has 206 valence electrons. The molecule has 3 aromatic rings. The van der Waals surface area contributed by atoms with Crippen molar-refractivity contribution in [3.8, 4) is 5.75 Å². The Hall–Kier alpha value is -3.81. The van der Waals surface area contributed by atoms with Crippen LogP contribution < -0.4 is 10.1 Å². The molecule has 1 saturated carbocycles. The van der Waals surface area contributed by atoms with Crippen molar-refractivity contribution in [3.05, 3.63) is 64.8 Å². The number of fused-ring (bicyclic) bond motifs is 1. The standard InChI is InChI=1S/C31H37N3O5/c1-39-28-17-23(31(37)38)8-9-25(28)20-34-19-24(11-13-29(35)33-14-4-5-15-33)26-12-10-22(16-27(26)34)30(36)32-18-21-6-2-3-7-21/h8-10,12,16-17,19,21H,2-7,11,13-15,18,20H2,1H3,(H,32,36)(H,37,38). The highest BCUT2D eigenvalue weighted by molar-refractivity contribution is 5.99. The van der Waals surface area contributed by atoms with E-state index in [0.717, 1.165) is 48.0 Å². The summed E-state index contributed by atoms with van der Waals surface area (Å²) < 4.78 is 7.58. The maximum absolute atomic E-state index is 13.0. The molecule has 0 radical (unpaired) electrons. The number of methoxy groups -OCH3 is 1. The summed E-state index contributed by atoms with van der Waals surface area (Å²) in [7, 11) is 1.53. The summed E-state index contributed by atoms with van der Waals surface area (Å²) in [5, 5.41) is 13.5. The molecule has 0 unspecified atom stereocenters. The fraction of sp³-hybridized carbons (Fsp3) is 0.452. The Bertz CT molecular complexity index is 1370. The highest BCUT2D eigenvalue weighted by Gasteiger charge is 2.21. The first-order chi connectivity index (χ1) is 18.9. The smallest absolute Gasteiger partial charge is 0.335 e. The van der Waals surface area contributed by atoms with E-state index in [4.69, 9.17) is 4.74 Å². The summed E-state index contributed by atoms with van der Waals surface area (Å²) in [6.45, 7) is 2.82. The number of amides is 2. The molecule has 2 aliphatic rings. The van der Waals surface area contributed by atoms with Crippen molar-refractivity contribution in [1.82, 2.24) is 14.8 Å². The Kier molecular flexibility index (Phi) is 8.19. The number of ether oxygens (including phenoxy) is 1. The van der Waals surface area contributed by atoms with Gasteiger partial charge in [-0.25, -0.2) is 4.79 Å². The lowest BCUT2D eigenvalue weighted by atomic mass is 10.1. The van der Waals surface area contributed by atoms with E-state index in [2.05, 4.69) is 9.88 Å². The largest absolute Gasteiger partial charge is 0.496 e. The SMILES string of the molecule is COc1cc(C(=O)O)ccc1Cn1cc(CCC(=O)N2CCCC2)c2ccc(C(=O)NCC3CCCC3)cc21. The Morgan fingerprint density at radius 1 is 0.974 bits per heavy atom. The fourth-order valence-electron chi connectivity index (χ4n) is 5.95. The molecule has 8 heteroatoms. The van der Waals surface area contributed by atoms with Crippen molar-refractivity contribution in [1.29, 1.82) is 0 Å². The minimum atomic E-state index is -1.01. The summed E-state index contributed by atoms with van der Waals surface area (Å²) in [5.74, 6) is 0.146. The predicted molar refractivity (Wildman–Crippen MR) is 149 cm³/mol. The first kappa shape index (κ1) is 26.8. The molecule has 1 saturated heterocycles. The predicted octanol–water partition coefficient (Wildman–Crippen LogP) is 4.87. The zero-order valence-corrected chi connectivity index (χ0v) is 22.6. The molecule has 0 atom stereocenters. The summed E-state index contributed by atoms with van der Waals surface area (Å²) in [4.78, 5) is 39.2. The Morgan fingerprint density at radius 3 is 2.44 bits per heavy atom. The third kappa shape index (κ3) is 6.10. The van der Waals surface area contributed by atoms with Crippen LogP contribution in [0.5, 0.6) is 5.75 Å². The van der Waals surface area contributed by atoms with Crippen LogP contribution in [0.15, 0.2) is 42.6 Å². The molecule has 2 aromatic carbocycles. The molecule has 1 aromatic heterocycles. The van der Waals surface area contributed by atoms with Gasteiger partial charge in [-0.1, -0.05) is 25.0 Å². The second kappa shape index (κ2) is 11.9. The van der Waals surface area contributed by atoms with E-state index in [1.807, 2.05) is 29.3 Å². The van der Waals surface area contributed by atoms with Gasteiger partial charge in [0.05, 0.1) is 19.2 Å². The van der Waals surface area contributed by atoms with Crippen molar-refractivity contribution < 1.29 is 24.2 Å². The lowest BCUT2D eigenvalue weighted by Crippen LogP contribution is -2.28. The van der Waals surface area contributed by atoms with E-state index in [1.54, 1.807) is 12.1 Å². The van der Waals surface area contributed by atoms with Gasteiger partial charge in [-0.2, -0.15) is 0 Å². The number of aromatic carboxylic acids is 1. The molecule has 0 bridgehead atoms. The van der Waals surface area contributed by atoms with E-state index in [1.165, 1.54) is 38.9 Å². The van der Waals surface area contributed by atoms with Gasteiger partial charge in [0, 0.05) is 54.3 Å². The zero-order chi connectivity index (χ0) is 27.4. The molecular formula is C31H37N3O5. The number of rotatable bonds is 10. The number of nitrogens with zero attached hydrogens (tertiary/aromatic N) is 2. The topological polar surface area (TPSA) is 101 Å². The van der Waals surface area contributed by atoms with Gasteiger partial charge in [-0.05, 0) is 67.9 Å². The molecule has 39 heavy (non-hydrogen) atoms. The van der Waals surface area contributed by atoms with Crippen LogP contribution in [0, 0.1) is 5.92 Å². The van der Waals surface area contributed by atoms with Crippen molar-refractivity contribution in [2.45, 2.75) is 57.9 Å². The fourth-order valence-corrected chi connectivity index (χ4v) is 5.95. The number of likely N-dealkylation sites (tertiary alicyclic amines) is 1. The molecule has 8 nitrogen and oxygen atoms in total. The quantitative estimate of drug-likeness (QED) is 0.389. The minimum Gasteiger partial charge on any atom is -0.496 e. The van der Waals surface area contributed by atoms with Gasteiger partial charge in [-0.3, -0.25) is 9.59 Å². The van der Waals surface area contributed by atoms with Crippen molar-refractivity contribution in [2.75, 3.05) is 26.7 Å². The van der Waals surface area contributed by atoms with Gasteiger partial charge in [0.15, 0.2) is 0 Å². The maximum Gasteiger partial charge on any atom is 0.335 e. The average Bonchev–Trinajstić information content (AvgIpc) is 3.73. The summed E-state index contributed by atoms with van der Waals surface area (Å²) in [6.07, 6.45) is 10.1. The number of carbonyl (C=O) groups excluding carboxylic acids is 2. The molecule has 5 rings (SSSR count). The highest BCUT2D eigenvalue weighted by Crippen LogP contribution is 2.29. The van der Waals surface area contributed by atoms with Gasteiger partial charge in [0.2, 0.25) is 5.91 Å². The number of nitrogens with one attached hydrogen (secondary N) is 1. The van der Waals surface area contributed by atoms with Crippen LogP contribution in [0.3, 0.4) is 0 Å². The summed E-state index contributed by atoms with van der Waals surface area (Å²) in [6, 6.07) is 10.6. The Labute approximate surface area is 228 Å². The van der Waals surface area contributed by atoms with Crippen LogP contribution >= 0.6 is 0 Å². The van der Waals surface area contributed by atoms with Crippen molar-refractivity contribution >= 4 is 28.7 Å². The number of benzene rings is 2. The van der Waals surface area contributed by atoms with Crippen LogP contribution in [0.4, 0.5) is 0 Å². The molecular weight excluding hydrogens is 494 g/mol. The minimum absolute atomic E-state index is 0.0781. The molecule has 2 N–H and O–H groups in total. The van der Waals surface area contributed by atoms with Crippen LogP contribution in [-0.4, -0.2) is 59.1 Å². The maximum atomic E-state index is 13.0. The molecule has 2 amide bonds. The van der Waals surface area contributed by atoms with Crippen LogP contribution in [0.25, 0.3) is 10.9 Å². The number of aryl methyl sites for hydroxylation is 1. The van der Waals surface area contributed by atoms with Crippen molar-refractivity contribution in [3.63, 3.8) is 0 Å². The monoisotopic (exact) mass is 531 g/mol. The molecule has 1 aliphatic carbocycles. The third-order valence-corrected chi connectivity index (χ3v) is 8.19. The van der Waals surface area contributed by atoms with Crippen molar-refractivity contribution in [2.24, 2.45) is 5.92 Å². The molecule has 0 spiro atoms. The second-order valence-corrected chi connectivity index (χ2v) is 10.8. The van der Waals surface area contributed by atoms with E-state index in [-0.39, 0.29) is 17.4 Å². The van der Waals surface area contributed by atoms with E-state index in [0.29, 0.717) is 43.2 Å². The average molecular weight is 532 g/mol. The number of aromatic nitrogens is 1. The normalized spacial score (nSPS) is 15.7. The third-order valence-electron chi connectivity index (χ3n) is 8.19. The molecule has 1 aliphatic heterocycles. The molecule has 2 heterocycles. The first-order valence-electron chi connectivity index (χ1n) is 14.0. The zero-order valence-electron chi connectivity index (χ0n) is 22.6. The highest BCUT2D eigenvalue weighted by atomic mass is 16.5. The van der Waals surface area contributed by atoms with Gasteiger partial charge in [0.25, 0.3) is 5.91 Å². The second-order valence-electron chi connectivity index (χ2n) is 10.8. The lowest BCUT2D eigenvalue weighted by Gasteiger charge is -2.14. The van der Waals surface area contributed by atoms with Crippen LogP contribution in [0.1, 0.15) is 76.8 Å². The van der Waals surface area contributed by atoms with Crippen LogP contribution in [0.2, 0.25) is 0 Å². The Morgan fingerprint density at radius 2 is 1.72 bits per heavy atom. The summed E-state index contributed by atoms with van der Waals surface area (Å²) >= 11 is 0. The van der Waals surface area contributed by atoms with E-state index < -0.39 is 5.97 Å². The lowest BCUT2D eigenvalue weighted by molar-refractivity contribution is -0.130. The Balaban J connectivity index is 1.43. The number of carbonyl (C=O) groups is 3. The molecule has 2 fully saturated rings. The number of carboxylic acid groups (broad SMARTS) is 1. The van der Waals surface area contributed by atoms with Gasteiger partial charge in [-0.15, -0.1) is 0 Å². The number of hydrogen-bond acceptors (Lipinski definition) is 4. The number of hydrogen-bond donors (Lipinski definition) is 2. The first-order valence-corrected chi connectivity index (χ1v) is 14.0. The summed E-state index contributed by atoms with van der Waals surface area (Å²) in [5.41, 5.74) is 3.55. The van der Waals surface area contributed by atoms with Gasteiger partial charge < -0.3 is 24.6 Å². The van der Waals surface area contributed by atoms with Gasteiger partial charge >= 0.3 is 5.97 Å². The van der Waals surface area contributed by atoms with Crippen LogP contribution in [-0.2, 0) is 17.8 Å². The van der Waals surface area contributed by atoms with E-state index in [9.17, 15) is 19.5 Å². The number of carboxylic acids is 1.